The lowest BCUT2D eigenvalue weighted by Crippen LogP contribution is -2.04. The Morgan fingerprint density at radius 1 is 1.23 bits per heavy atom. The van der Waals surface area contributed by atoms with E-state index in [1.54, 1.807) is 34.3 Å². The van der Waals surface area contributed by atoms with Crippen LogP contribution in [-0.2, 0) is 22.7 Å². The summed E-state index contributed by atoms with van der Waals surface area (Å²) in [7, 11) is 0. The largest absolute Gasteiger partial charge is 0.470 e. The molecule has 0 bridgehead atoms. The predicted octanol–water partition coefficient (Wildman–Crippen LogP) is 5.52. The van der Waals surface area contributed by atoms with Gasteiger partial charge in [-0.1, -0.05) is 35.0 Å². The van der Waals surface area contributed by atoms with Crippen LogP contribution in [0.1, 0.15) is 31.0 Å². The average Bonchev–Trinajstić information content (AvgIpc) is 3.55. The molecule has 3 aromatic heterocycles. The number of aromatic nitrogens is 4. The van der Waals surface area contributed by atoms with Crippen LogP contribution in [-0.4, -0.2) is 32.6 Å². The highest BCUT2D eigenvalue weighted by molar-refractivity contribution is 7.13. The summed E-state index contributed by atoms with van der Waals surface area (Å²) < 4.78 is 12.6. The zero-order valence-electron chi connectivity index (χ0n) is 19.0. The van der Waals surface area contributed by atoms with E-state index in [4.69, 9.17) is 21.1 Å². The van der Waals surface area contributed by atoms with Gasteiger partial charge in [0.2, 0.25) is 5.88 Å². The number of unbranched alkanes of at least 4 members (excludes halogenated alkanes) is 1. The van der Waals surface area contributed by atoms with Crippen LogP contribution in [0.25, 0.3) is 21.7 Å². The number of halogens is 1. The Balaban J connectivity index is 1.52. The fourth-order valence-electron chi connectivity index (χ4n) is 3.39. The van der Waals surface area contributed by atoms with Crippen molar-refractivity contribution < 1.29 is 14.3 Å². The average molecular weight is 508 g/mol. The number of nitriles is 1. The Kier molecular flexibility index (Phi) is 8.08. The molecule has 0 N–H and O–H groups in total. The minimum atomic E-state index is -0.280. The Hall–Kier alpha value is -3.74. The molecule has 4 aromatic rings. The number of thiophene rings is 1. The number of esters is 1. The van der Waals surface area contributed by atoms with E-state index in [1.807, 2.05) is 35.7 Å². The third-order valence-electron chi connectivity index (χ3n) is 5.06. The molecule has 3 heterocycles. The molecule has 4 rings (SSSR count). The molecule has 0 aliphatic rings. The molecule has 0 aliphatic carbocycles. The monoisotopic (exact) mass is 507 g/mol. The van der Waals surface area contributed by atoms with Crippen LogP contribution in [0.5, 0.6) is 5.88 Å². The van der Waals surface area contributed by atoms with E-state index in [2.05, 4.69) is 21.4 Å². The number of benzene rings is 1. The summed E-state index contributed by atoms with van der Waals surface area (Å²) in [5, 5.41) is 20.8. The molecular weight excluding hydrogens is 486 g/mol. The van der Waals surface area contributed by atoms with Gasteiger partial charge < -0.3 is 9.47 Å². The molecule has 0 spiro atoms. The Bertz CT molecular complexity index is 1330. The highest BCUT2D eigenvalue weighted by Gasteiger charge is 2.18. The van der Waals surface area contributed by atoms with Gasteiger partial charge in [-0.25, -0.2) is 4.98 Å². The minimum Gasteiger partial charge on any atom is -0.470 e. The summed E-state index contributed by atoms with van der Waals surface area (Å²) >= 11 is 7.62. The summed E-state index contributed by atoms with van der Waals surface area (Å²) in [6.07, 6.45) is 3.33. The summed E-state index contributed by atoms with van der Waals surface area (Å²) in [6, 6.07) is 15.4. The van der Waals surface area contributed by atoms with Crippen LogP contribution in [0.3, 0.4) is 0 Å². The smallest absolute Gasteiger partial charge is 0.302 e. The molecular formula is C25H22ClN5O3S. The van der Waals surface area contributed by atoms with Crippen molar-refractivity contribution in [2.45, 2.75) is 32.9 Å². The van der Waals surface area contributed by atoms with Gasteiger partial charge in [-0.2, -0.15) is 5.26 Å². The van der Waals surface area contributed by atoms with Crippen LogP contribution in [0.2, 0.25) is 5.02 Å². The lowest BCUT2D eigenvalue weighted by atomic mass is 10.0. The maximum Gasteiger partial charge on any atom is 0.302 e. The fourth-order valence-corrected chi connectivity index (χ4v) is 4.20. The van der Waals surface area contributed by atoms with Crippen LogP contribution in [0, 0.1) is 11.3 Å². The van der Waals surface area contributed by atoms with E-state index in [1.165, 1.54) is 6.92 Å². The number of aryl methyl sites for hydroxylation is 1. The van der Waals surface area contributed by atoms with Crippen LogP contribution in [0.4, 0.5) is 0 Å². The number of hydrogen-bond acceptors (Lipinski definition) is 8. The van der Waals surface area contributed by atoms with E-state index in [9.17, 15) is 10.1 Å². The first kappa shape index (κ1) is 24.4. The van der Waals surface area contributed by atoms with Gasteiger partial charge in [0.15, 0.2) is 0 Å². The van der Waals surface area contributed by atoms with Gasteiger partial charge in [0.05, 0.1) is 23.4 Å². The summed E-state index contributed by atoms with van der Waals surface area (Å²) in [4.78, 5) is 16.4. The number of rotatable bonds is 10. The molecule has 0 fully saturated rings. The lowest BCUT2D eigenvalue weighted by Gasteiger charge is -2.12. The van der Waals surface area contributed by atoms with E-state index in [0.717, 1.165) is 29.0 Å². The third kappa shape index (κ3) is 6.44. The van der Waals surface area contributed by atoms with Crippen molar-refractivity contribution in [3.63, 3.8) is 0 Å². The second-order valence-electron chi connectivity index (χ2n) is 7.64. The van der Waals surface area contributed by atoms with E-state index >= 15 is 0 Å². The molecule has 0 saturated carbocycles. The van der Waals surface area contributed by atoms with Gasteiger partial charge in [0.25, 0.3) is 0 Å². The highest BCUT2D eigenvalue weighted by Crippen LogP contribution is 2.35. The molecule has 1 aromatic carbocycles. The maximum absolute atomic E-state index is 10.8. The number of nitrogens with zero attached hydrogens (tertiary/aromatic N) is 5. The van der Waals surface area contributed by atoms with Crippen LogP contribution in [0.15, 0.2) is 54.0 Å². The third-order valence-corrected chi connectivity index (χ3v) is 6.20. The standard InChI is InChI=1S/C25H22ClN5O3S/c1-17(32)33-11-3-2-10-31-15-20(29-30-31)16-34-25-22(14-27)21(18-6-8-19(26)9-7-18)13-23(28-25)24-5-4-12-35-24/h4-9,12-13,15H,2-3,10-11,16H2,1H3. The summed E-state index contributed by atoms with van der Waals surface area (Å²) in [5.41, 5.74) is 3.23. The number of carbonyl (C=O) groups is 1. The van der Waals surface area contributed by atoms with Crippen molar-refractivity contribution in [1.82, 2.24) is 20.0 Å². The molecule has 8 nitrogen and oxygen atoms in total. The fraction of sp³-hybridized carbons (Fsp3) is 0.240. The molecule has 0 atom stereocenters. The SMILES string of the molecule is CC(=O)OCCCCn1cc(COc2nc(-c3cccs3)cc(-c3ccc(Cl)cc3)c2C#N)nn1. The highest BCUT2D eigenvalue weighted by atomic mass is 35.5. The van der Waals surface area contributed by atoms with Gasteiger partial charge in [0, 0.05) is 24.1 Å². The molecule has 0 radical (unpaired) electrons. The quantitative estimate of drug-likeness (QED) is 0.206. The van der Waals surface area contributed by atoms with Crippen molar-refractivity contribution in [3.8, 4) is 33.6 Å². The molecule has 10 heteroatoms. The molecule has 0 amide bonds. The lowest BCUT2D eigenvalue weighted by molar-refractivity contribution is -0.141. The van der Waals surface area contributed by atoms with Crippen molar-refractivity contribution in [3.05, 3.63) is 70.3 Å². The van der Waals surface area contributed by atoms with Gasteiger partial charge in [0.1, 0.15) is 23.9 Å². The second kappa shape index (κ2) is 11.6. The number of pyridine rings is 1. The Labute approximate surface area is 211 Å². The van der Waals surface area contributed by atoms with Crippen LogP contribution >= 0.6 is 22.9 Å². The minimum absolute atomic E-state index is 0.114. The summed E-state index contributed by atoms with van der Waals surface area (Å²) in [6.45, 7) is 2.54. The van der Waals surface area contributed by atoms with Crippen molar-refractivity contribution in [1.29, 1.82) is 5.26 Å². The van der Waals surface area contributed by atoms with E-state index < -0.39 is 0 Å². The Morgan fingerprint density at radius 3 is 2.77 bits per heavy atom. The number of carbonyl (C=O) groups excluding carboxylic acids is 1. The van der Waals surface area contributed by atoms with E-state index in [0.29, 0.717) is 35.0 Å². The van der Waals surface area contributed by atoms with Crippen molar-refractivity contribution >= 4 is 28.9 Å². The zero-order chi connectivity index (χ0) is 24.6. The first-order chi connectivity index (χ1) is 17.0. The number of hydrogen-bond donors (Lipinski definition) is 0. The first-order valence-corrected chi connectivity index (χ1v) is 12.2. The van der Waals surface area contributed by atoms with Crippen molar-refractivity contribution in [2.24, 2.45) is 0 Å². The van der Waals surface area contributed by atoms with Gasteiger partial charge in [-0.15, -0.1) is 16.4 Å². The van der Waals surface area contributed by atoms with Crippen molar-refractivity contribution in [2.75, 3.05) is 6.61 Å². The first-order valence-electron chi connectivity index (χ1n) is 10.9. The molecule has 0 saturated heterocycles. The molecule has 178 valence electrons. The molecule has 0 aliphatic heterocycles. The van der Waals surface area contributed by atoms with Crippen LogP contribution < -0.4 is 4.74 Å². The number of ether oxygens (including phenoxy) is 2. The Morgan fingerprint density at radius 2 is 2.06 bits per heavy atom. The summed E-state index contributed by atoms with van der Waals surface area (Å²) in [5.74, 6) is -0.0443. The normalized spacial score (nSPS) is 10.7. The predicted molar refractivity (Wildman–Crippen MR) is 133 cm³/mol. The topological polar surface area (TPSA) is 103 Å². The molecule has 0 unspecified atom stereocenters. The second-order valence-corrected chi connectivity index (χ2v) is 9.02. The van der Waals surface area contributed by atoms with Gasteiger partial charge in [-0.05, 0) is 48.1 Å². The van der Waals surface area contributed by atoms with Gasteiger partial charge >= 0.3 is 5.97 Å². The zero-order valence-corrected chi connectivity index (χ0v) is 20.6. The maximum atomic E-state index is 10.8. The van der Waals surface area contributed by atoms with Gasteiger partial charge in [-0.3, -0.25) is 9.48 Å². The van der Waals surface area contributed by atoms with E-state index in [-0.39, 0.29) is 18.5 Å². The molecule has 35 heavy (non-hydrogen) atoms.